The average Bonchev–Trinajstić information content (AvgIpc) is 3.34. The molecule has 2 N–H and O–H groups in total. The molecule has 3 rings (SSSR count). The fraction of sp³-hybridized carbons (Fsp3) is 0.650. The molecule has 138 valence electrons. The first-order chi connectivity index (χ1) is 12.2. The van der Waals surface area contributed by atoms with Gasteiger partial charge in [0.1, 0.15) is 0 Å². The van der Waals surface area contributed by atoms with Crippen molar-refractivity contribution in [2.45, 2.75) is 38.6 Å². The Morgan fingerprint density at radius 1 is 1.24 bits per heavy atom. The van der Waals surface area contributed by atoms with Crippen LogP contribution in [-0.4, -0.2) is 51.9 Å². The summed E-state index contributed by atoms with van der Waals surface area (Å²) in [6, 6.07) is 9.24. The van der Waals surface area contributed by atoms with Gasteiger partial charge in [-0.2, -0.15) is 0 Å². The number of aliphatic imine (C=N–C) groups is 1. The van der Waals surface area contributed by atoms with Crippen LogP contribution in [0.15, 0.2) is 29.3 Å². The normalized spacial score (nSPS) is 20.8. The van der Waals surface area contributed by atoms with Gasteiger partial charge >= 0.3 is 0 Å². The number of benzene rings is 1. The Balaban J connectivity index is 1.33. The SMILES string of the molecule is CN=C(NCCCOCC1CC1)NC1CCN(c2ccc(C)cc2)C1. The van der Waals surface area contributed by atoms with E-state index in [9.17, 15) is 0 Å². The third-order valence-electron chi connectivity index (χ3n) is 4.96. The summed E-state index contributed by atoms with van der Waals surface area (Å²) < 4.78 is 5.67. The molecule has 5 heteroatoms. The van der Waals surface area contributed by atoms with Gasteiger partial charge in [0.25, 0.3) is 0 Å². The maximum absolute atomic E-state index is 5.67. The predicted octanol–water partition coefficient (Wildman–Crippen LogP) is 2.56. The first kappa shape index (κ1) is 18.1. The second-order valence-electron chi connectivity index (χ2n) is 7.28. The van der Waals surface area contributed by atoms with Crippen LogP contribution in [0.25, 0.3) is 0 Å². The lowest BCUT2D eigenvalue weighted by molar-refractivity contribution is 0.123. The lowest BCUT2D eigenvalue weighted by Gasteiger charge is -2.20. The second kappa shape index (κ2) is 9.09. The number of ether oxygens (including phenoxy) is 1. The molecule has 0 aromatic heterocycles. The summed E-state index contributed by atoms with van der Waals surface area (Å²) in [5.41, 5.74) is 2.62. The molecule has 25 heavy (non-hydrogen) atoms. The first-order valence-corrected chi connectivity index (χ1v) is 9.61. The molecule has 1 heterocycles. The largest absolute Gasteiger partial charge is 0.381 e. The zero-order valence-electron chi connectivity index (χ0n) is 15.6. The van der Waals surface area contributed by atoms with Crippen LogP contribution < -0.4 is 15.5 Å². The van der Waals surface area contributed by atoms with Gasteiger partial charge in [0.2, 0.25) is 0 Å². The average molecular weight is 345 g/mol. The Labute approximate surface area is 151 Å². The quantitative estimate of drug-likeness (QED) is 0.432. The number of nitrogens with zero attached hydrogens (tertiary/aromatic N) is 2. The van der Waals surface area contributed by atoms with Gasteiger partial charge in [-0.1, -0.05) is 17.7 Å². The van der Waals surface area contributed by atoms with E-state index in [4.69, 9.17) is 4.74 Å². The van der Waals surface area contributed by atoms with Gasteiger partial charge in [-0.3, -0.25) is 4.99 Å². The topological polar surface area (TPSA) is 48.9 Å². The Morgan fingerprint density at radius 3 is 2.76 bits per heavy atom. The van der Waals surface area contributed by atoms with Crippen LogP contribution in [-0.2, 0) is 4.74 Å². The molecule has 1 aromatic carbocycles. The molecule has 1 saturated heterocycles. The van der Waals surface area contributed by atoms with Crippen molar-refractivity contribution in [3.05, 3.63) is 29.8 Å². The number of aryl methyl sites for hydroxylation is 1. The summed E-state index contributed by atoms with van der Waals surface area (Å²) in [6.45, 7) is 6.93. The summed E-state index contributed by atoms with van der Waals surface area (Å²) in [5, 5.41) is 6.95. The van der Waals surface area contributed by atoms with Crippen molar-refractivity contribution in [3.63, 3.8) is 0 Å². The van der Waals surface area contributed by atoms with E-state index in [0.717, 1.165) is 57.6 Å². The molecule has 1 saturated carbocycles. The van der Waals surface area contributed by atoms with E-state index in [1.807, 2.05) is 7.05 Å². The Kier molecular flexibility index (Phi) is 6.56. The van der Waals surface area contributed by atoms with Crippen molar-refractivity contribution in [2.75, 3.05) is 44.8 Å². The molecule has 5 nitrogen and oxygen atoms in total. The minimum Gasteiger partial charge on any atom is -0.381 e. The van der Waals surface area contributed by atoms with Crippen LogP contribution in [0.4, 0.5) is 5.69 Å². The molecule has 0 radical (unpaired) electrons. The summed E-state index contributed by atoms with van der Waals surface area (Å²) in [6.07, 6.45) is 4.87. The van der Waals surface area contributed by atoms with Crippen molar-refractivity contribution in [2.24, 2.45) is 10.9 Å². The van der Waals surface area contributed by atoms with Crippen LogP contribution in [0, 0.1) is 12.8 Å². The molecule has 1 aliphatic heterocycles. The third-order valence-corrected chi connectivity index (χ3v) is 4.96. The van der Waals surface area contributed by atoms with Gasteiger partial charge in [0, 0.05) is 51.6 Å². The van der Waals surface area contributed by atoms with Crippen molar-refractivity contribution in [1.29, 1.82) is 0 Å². The monoisotopic (exact) mass is 344 g/mol. The first-order valence-electron chi connectivity index (χ1n) is 9.61. The zero-order chi connectivity index (χ0) is 17.5. The van der Waals surface area contributed by atoms with E-state index in [-0.39, 0.29) is 0 Å². The van der Waals surface area contributed by atoms with E-state index < -0.39 is 0 Å². The van der Waals surface area contributed by atoms with E-state index in [1.165, 1.54) is 24.1 Å². The van der Waals surface area contributed by atoms with Crippen molar-refractivity contribution < 1.29 is 4.74 Å². The zero-order valence-corrected chi connectivity index (χ0v) is 15.6. The highest BCUT2D eigenvalue weighted by atomic mass is 16.5. The lowest BCUT2D eigenvalue weighted by atomic mass is 10.2. The van der Waals surface area contributed by atoms with E-state index in [1.54, 1.807) is 0 Å². The summed E-state index contributed by atoms with van der Waals surface area (Å²) in [7, 11) is 1.84. The molecule has 1 aromatic rings. The highest BCUT2D eigenvalue weighted by molar-refractivity contribution is 5.80. The van der Waals surface area contributed by atoms with Gasteiger partial charge in [0.05, 0.1) is 0 Å². The molecular weight excluding hydrogens is 312 g/mol. The third kappa shape index (κ3) is 5.92. The summed E-state index contributed by atoms with van der Waals surface area (Å²) in [5.74, 6) is 1.75. The molecular formula is C20H32N4O. The number of nitrogens with one attached hydrogen (secondary N) is 2. The van der Waals surface area contributed by atoms with Crippen LogP contribution >= 0.6 is 0 Å². The highest BCUT2D eigenvalue weighted by Gasteiger charge is 2.23. The van der Waals surface area contributed by atoms with E-state index >= 15 is 0 Å². The summed E-state index contributed by atoms with van der Waals surface area (Å²) in [4.78, 5) is 6.79. The number of anilines is 1. The molecule has 0 spiro atoms. The van der Waals surface area contributed by atoms with Gasteiger partial charge in [-0.05, 0) is 50.7 Å². The molecule has 2 fully saturated rings. The molecule has 1 aliphatic carbocycles. The fourth-order valence-corrected chi connectivity index (χ4v) is 3.17. The Morgan fingerprint density at radius 2 is 2.04 bits per heavy atom. The predicted molar refractivity (Wildman–Crippen MR) is 104 cm³/mol. The number of guanidine groups is 1. The maximum atomic E-state index is 5.67. The molecule has 1 atom stereocenters. The van der Waals surface area contributed by atoms with Crippen molar-refractivity contribution >= 4 is 11.6 Å². The lowest BCUT2D eigenvalue weighted by Crippen LogP contribution is -2.45. The van der Waals surface area contributed by atoms with Gasteiger partial charge in [0.15, 0.2) is 5.96 Å². The van der Waals surface area contributed by atoms with Gasteiger partial charge in [-0.15, -0.1) is 0 Å². The smallest absolute Gasteiger partial charge is 0.191 e. The van der Waals surface area contributed by atoms with Crippen molar-refractivity contribution in [3.8, 4) is 0 Å². The number of hydrogen-bond acceptors (Lipinski definition) is 3. The maximum Gasteiger partial charge on any atom is 0.191 e. The molecule has 0 amide bonds. The van der Waals surface area contributed by atoms with Gasteiger partial charge < -0.3 is 20.3 Å². The van der Waals surface area contributed by atoms with Crippen LogP contribution in [0.1, 0.15) is 31.2 Å². The van der Waals surface area contributed by atoms with Crippen molar-refractivity contribution in [1.82, 2.24) is 10.6 Å². The van der Waals surface area contributed by atoms with Crippen LogP contribution in [0.2, 0.25) is 0 Å². The minimum atomic E-state index is 0.443. The van der Waals surface area contributed by atoms with E-state index in [2.05, 4.69) is 51.7 Å². The molecule has 0 bridgehead atoms. The highest BCUT2D eigenvalue weighted by Crippen LogP contribution is 2.28. The number of hydrogen-bond donors (Lipinski definition) is 2. The minimum absolute atomic E-state index is 0.443. The summed E-state index contributed by atoms with van der Waals surface area (Å²) >= 11 is 0. The van der Waals surface area contributed by atoms with E-state index in [0.29, 0.717) is 6.04 Å². The Bertz CT molecular complexity index is 553. The number of rotatable bonds is 8. The Hall–Kier alpha value is -1.75. The van der Waals surface area contributed by atoms with Gasteiger partial charge in [-0.25, -0.2) is 0 Å². The van der Waals surface area contributed by atoms with Crippen LogP contribution in [0.5, 0.6) is 0 Å². The fourth-order valence-electron chi connectivity index (χ4n) is 3.17. The second-order valence-corrected chi connectivity index (χ2v) is 7.28. The van der Waals surface area contributed by atoms with Crippen LogP contribution in [0.3, 0.4) is 0 Å². The standard InChI is InChI=1S/C20H32N4O/c1-16-4-8-19(9-5-16)24-12-10-18(14-24)23-20(21-2)22-11-3-13-25-15-17-6-7-17/h4-5,8-9,17-18H,3,6-7,10-15H2,1-2H3,(H2,21,22,23). The molecule has 2 aliphatic rings. The molecule has 1 unspecified atom stereocenters.